The molecule has 1 aromatic carbocycles. The average Bonchev–Trinajstić information content (AvgIpc) is 2.96. The van der Waals surface area contributed by atoms with Crippen LogP contribution in [0.15, 0.2) is 30.3 Å². The fourth-order valence-corrected chi connectivity index (χ4v) is 5.73. The molecule has 1 fully saturated rings. The van der Waals surface area contributed by atoms with Crippen LogP contribution in [0.1, 0.15) is 39.7 Å². The molecule has 1 aromatic rings. The summed E-state index contributed by atoms with van der Waals surface area (Å²) in [6.45, 7) is 11.0. The zero-order valence-electron chi connectivity index (χ0n) is 16.9. The number of hydrogen-bond donors (Lipinski definition) is 1. The summed E-state index contributed by atoms with van der Waals surface area (Å²) in [5.41, 5.74) is 1.16. The van der Waals surface area contributed by atoms with Crippen LogP contribution < -0.4 is 5.32 Å². The van der Waals surface area contributed by atoms with Crippen molar-refractivity contribution in [1.29, 1.82) is 0 Å². The second kappa shape index (κ2) is 9.85. The first-order chi connectivity index (χ1) is 12.7. The largest absolute Gasteiger partial charge is 0.358 e. The van der Waals surface area contributed by atoms with E-state index in [0.29, 0.717) is 30.2 Å². The van der Waals surface area contributed by atoms with Crippen molar-refractivity contribution in [2.24, 2.45) is 0 Å². The minimum absolute atomic E-state index is 0.0352. The Kier molecular flexibility index (Phi) is 8.06. The molecule has 2 rings (SSSR count). The second-order valence-electron chi connectivity index (χ2n) is 7.82. The van der Waals surface area contributed by atoms with Gasteiger partial charge in [0.05, 0.1) is 11.5 Å². The number of sulfone groups is 1. The van der Waals surface area contributed by atoms with E-state index in [0.717, 1.165) is 18.7 Å². The summed E-state index contributed by atoms with van der Waals surface area (Å²) in [6, 6.07) is 10.9. The van der Waals surface area contributed by atoms with E-state index < -0.39 is 9.84 Å². The molecule has 0 unspecified atom stereocenters. The maximum atomic E-state index is 12.0. The Hall–Kier alpha value is -1.18. The molecular weight excluding hydrogens is 378 g/mol. The SMILES string of the molecule is CC(C)N(CCN(C(=S)NCc1ccccc1)[C@H]1CCS(=O)(=O)C1)C(C)C. The molecule has 1 atom stereocenters. The molecule has 7 heteroatoms. The summed E-state index contributed by atoms with van der Waals surface area (Å²) in [4.78, 5) is 4.51. The van der Waals surface area contributed by atoms with Gasteiger partial charge in [0.2, 0.25) is 0 Å². The van der Waals surface area contributed by atoms with Gasteiger partial charge in [0, 0.05) is 37.8 Å². The van der Waals surface area contributed by atoms with E-state index in [4.69, 9.17) is 12.2 Å². The van der Waals surface area contributed by atoms with E-state index in [-0.39, 0.29) is 17.5 Å². The van der Waals surface area contributed by atoms with Crippen LogP contribution in [0.25, 0.3) is 0 Å². The van der Waals surface area contributed by atoms with Gasteiger partial charge >= 0.3 is 0 Å². The predicted octanol–water partition coefficient (Wildman–Crippen LogP) is 2.67. The molecular formula is C20H33N3O2S2. The molecule has 0 aliphatic carbocycles. The Morgan fingerprint density at radius 2 is 1.78 bits per heavy atom. The minimum Gasteiger partial charge on any atom is -0.358 e. The lowest BCUT2D eigenvalue weighted by Crippen LogP contribution is -2.51. The smallest absolute Gasteiger partial charge is 0.169 e. The van der Waals surface area contributed by atoms with Gasteiger partial charge in [0.25, 0.3) is 0 Å². The predicted molar refractivity (Wildman–Crippen MR) is 117 cm³/mol. The van der Waals surface area contributed by atoms with E-state index in [1.165, 1.54) is 0 Å². The van der Waals surface area contributed by atoms with Crippen LogP contribution in [0, 0.1) is 0 Å². The minimum atomic E-state index is -2.96. The van der Waals surface area contributed by atoms with E-state index in [9.17, 15) is 8.42 Å². The van der Waals surface area contributed by atoms with Crippen LogP contribution in [0.2, 0.25) is 0 Å². The molecule has 0 saturated carbocycles. The van der Waals surface area contributed by atoms with Crippen molar-refractivity contribution in [3.05, 3.63) is 35.9 Å². The number of hydrogen-bond acceptors (Lipinski definition) is 4. The van der Waals surface area contributed by atoms with Crippen molar-refractivity contribution in [3.8, 4) is 0 Å². The van der Waals surface area contributed by atoms with E-state index in [1.807, 2.05) is 18.2 Å². The molecule has 0 radical (unpaired) electrons. The van der Waals surface area contributed by atoms with Gasteiger partial charge in [0.1, 0.15) is 0 Å². The van der Waals surface area contributed by atoms with Gasteiger partial charge in [-0.3, -0.25) is 4.90 Å². The quantitative estimate of drug-likeness (QED) is 0.664. The second-order valence-corrected chi connectivity index (χ2v) is 10.4. The van der Waals surface area contributed by atoms with Crippen LogP contribution in [0.4, 0.5) is 0 Å². The highest BCUT2D eigenvalue weighted by atomic mass is 32.2. The maximum Gasteiger partial charge on any atom is 0.169 e. The number of thiocarbonyl (C=S) groups is 1. The number of nitrogens with zero attached hydrogens (tertiary/aromatic N) is 2. The molecule has 0 bridgehead atoms. The number of rotatable bonds is 8. The summed E-state index contributed by atoms with van der Waals surface area (Å²) in [7, 11) is -2.96. The zero-order chi connectivity index (χ0) is 20.0. The first-order valence-electron chi connectivity index (χ1n) is 9.74. The van der Waals surface area contributed by atoms with Crippen LogP contribution in [0.5, 0.6) is 0 Å². The van der Waals surface area contributed by atoms with Gasteiger partial charge < -0.3 is 10.2 Å². The van der Waals surface area contributed by atoms with Gasteiger partial charge in [-0.25, -0.2) is 8.42 Å². The van der Waals surface area contributed by atoms with Gasteiger partial charge in [-0.1, -0.05) is 30.3 Å². The molecule has 0 aromatic heterocycles. The van der Waals surface area contributed by atoms with Gasteiger partial charge in [0.15, 0.2) is 14.9 Å². The maximum absolute atomic E-state index is 12.0. The zero-order valence-corrected chi connectivity index (χ0v) is 18.5. The van der Waals surface area contributed by atoms with Crippen molar-refractivity contribution in [2.45, 2.75) is 58.8 Å². The van der Waals surface area contributed by atoms with Crippen LogP contribution in [-0.2, 0) is 16.4 Å². The van der Waals surface area contributed by atoms with E-state index >= 15 is 0 Å². The van der Waals surface area contributed by atoms with E-state index in [2.05, 4.69) is 54.9 Å². The van der Waals surface area contributed by atoms with Crippen LogP contribution in [0.3, 0.4) is 0 Å². The third kappa shape index (κ3) is 6.73. The van der Waals surface area contributed by atoms with Crippen LogP contribution >= 0.6 is 12.2 Å². The number of benzene rings is 1. The summed E-state index contributed by atoms with van der Waals surface area (Å²) in [5, 5.41) is 3.98. The molecule has 1 heterocycles. The van der Waals surface area contributed by atoms with Crippen LogP contribution in [-0.4, -0.2) is 66.1 Å². The highest BCUT2D eigenvalue weighted by Crippen LogP contribution is 2.19. The summed E-state index contributed by atoms with van der Waals surface area (Å²) >= 11 is 5.67. The summed E-state index contributed by atoms with van der Waals surface area (Å²) in [6.07, 6.45) is 0.652. The monoisotopic (exact) mass is 411 g/mol. The lowest BCUT2D eigenvalue weighted by molar-refractivity contribution is 0.154. The fourth-order valence-electron chi connectivity index (χ4n) is 3.68. The Bertz CT molecular complexity index is 697. The third-order valence-electron chi connectivity index (χ3n) is 5.12. The molecule has 1 aliphatic heterocycles. The lowest BCUT2D eigenvalue weighted by Gasteiger charge is -2.36. The Morgan fingerprint density at radius 3 is 2.30 bits per heavy atom. The van der Waals surface area contributed by atoms with E-state index in [1.54, 1.807) is 0 Å². The van der Waals surface area contributed by atoms with Crippen molar-refractivity contribution < 1.29 is 8.42 Å². The van der Waals surface area contributed by atoms with Gasteiger partial charge in [-0.05, 0) is 51.9 Å². The average molecular weight is 412 g/mol. The lowest BCUT2D eigenvalue weighted by atomic mass is 10.2. The molecule has 27 heavy (non-hydrogen) atoms. The van der Waals surface area contributed by atoms with Crippen molar-refractivity contribution in [1.82, 2.24) is 15.1 Å². The van der Waals surface area contributed by atoms with Gasteiger partial charge in [-0.2, -0.15) is 0 Å². The summed E-state index contributed by atoms with van der Waals surface area (Å²) in [5.74, 6) is 0.455. The third-order valence-corrected chi connectivity index (χ3v) is 7.25. The molecule has 152 valence electrons. The molecule has 5 nitrogen and oxygen atoms in total. The molecule has 0 amide bonds. The Morgan fingerprint density at radius 1 is 1.15 bits per heavy atom. The van der Waals surface area contributed by atoms with Gasteiger partial charge in [-0.15, -0.1) is 0 Å². The Balaban J connectivity index is 2.05. The fraction of sp³-hybridized carbons (Fsp3) is 0.650. The van der Waals surface area contributed by atoms with Crippen molar-refractivity contribution in [2.75, 3.05) is 24.6 Å². The standard InChI is InChI=1S/C20H33N3O2S2/c1-16(2)22(17(3)4)11-12-23(19-10-13-27(24,25)15-19)20(26)21-14-18-8-6-5-7-9-18/h5-9,16-17,19H,10-15H2,1-4H3,(H,21,26)/t19-/m0/s1. The topological polar surface area (TPSA) is 52.6 Å². The molecule has 1 aliphatic rings. The molecule has 1 saturated heterocycles. The normalized spacial score (nSPS) is 19.0. The molecule has 0 spiro atoms. The highest BCUT2D eigenvalue weighted by Gasteiger charge is 2.33. The summed E-state index contributed by atoms with van der Waals surface area (Å²) < 4.78 is 24.0. The highest BCUT2D eigenvalue weighted by molar-refractivity contribution is 7.91. The first-order valence-corrected chi connectivity index (χ1v) is 12.0. The van der Waals surface area contributed by atoms with Crippen molar-refractivity contribution in [3.63, 3.8) is 0 Å². The first kappa shape index (κ1) is 22.1. The Labute approximate surface area is 170 Å². The van der Waals surface area contributed by atoms with Crippen molar-refractivity contribution >= 4 is 27.2 Å². The number of nitrogens with one attached hydrogen (secondary N) is 1. The molecule has 1 N–H and O–H groups in total.